The second kappa shape index (κ2) is 10.7. The van der Waals surface area contributed by atoms with Gasteiger partial charge in [-0.1, -0.05) is 6.08 Å². The minimum absolute atomic E-state index is 0. The van der Waals surface area contributed by atoms with E-state index in [0.717, 1.165) is 18.1 Å². The second-order valence-electron chi connectivity index (χ2n) is 5.27. The van der Waals surface area contributed by atoms with Crippen molar-refractivity contribution in [3.63, 3.8) is 0 Å². The van der Waals surface area contributed by atoms with Crippen LogP contribution < -0.4 is 10.6 Å². The van der Waals surface area contributed by atoms with Gasteiger partial charge in [0.1, 0.15) is 5.76 Å². The van der Waals surface area contributed by atoms with Gasteiger partial charge in [-0.2, -0.15) is 0 Å². The number of nitrogens with zero attached hydrogens (tertiary/aromatic N) is 1. The molecule has 0 spiro atoms. The molecule has 0 radical (unpaired) electrons. The molecule has 1 aliphatic rings. The van der Waals surface area contributed by atoms with Gasteiger partial charge in [-0.25, -0.2) is 0 Å². The van der Waals surface area contributed by atoms with Crippen molar-refractivity contribution in [2.75, 3.05) is 26.8 Å². The Morgan fingerprint density at radius 3 is 3.00 bits per heavy atom. The molecule has 2 N–H and O–H groups in total. The number of nitrogens with one attached hydrogen (secondary N) is 2. The molecule has 1 unspecified atom stereocenters. The molecule has 0 aliphatic heterocycles. The van der Waals surface area contributed by atoms with Gasteiger partial charge >= 0.3 is 0 Å². The molecule has 0 bridgehead atoms. The molecular weight excluding hydrogens is 393 g/mol. The Morgan fingerprint density at radius 1 is 1.59 bits per heavy atom. The lowest BCUT2D eigenvalue weighted by Crippen LogP contribution is -2.46. The van der Waals surface area contributed by atoms with Crippen LogP contribution in [0.4, 0.5) is 0 Å². The minimum Gasteiger partial charge on any atom is -0.469 e. The molecular formula is C16H26IN3O2. The van der Waals surface area contributed by atoms with Crippen molar-refractivity contribution in [3.05, 3.63) is 36.8 Å². The third kappa shape index (κ3) is 6.83. The largest absolute Gasteiger partial charge is 0.469 e. The van der Waals surface area contributed by atoms with Crippen LogP contribution in [0, 0.1) is 5.92 Å². The summed E-state index contributed by atoms with van der Waals surface area (Å²) >= 11 is 0. The molecule has 0 aromatic carbocycles. The Hall–Kier alpha value is -1.02. The fourth-order valence-electron chi connectivity index (χ4n) is 2.20. The smallest absolute Gasteiger partial charge is 0.191 e. The van der Waals surface area contributed by atoms with Crippen LogP contribution >= 0.6 is 24.0 Å². The Morgan fingerprint density at radius 2 is 2.41 bits per heavy atom. The summed E-state index contributed by atoms with van der Waals surface area (Å²) in [5.74, 6) is 2.47. The van der Waals surface area contributed by atoms with E-state index in [2.05, 4.69) is 22.2 Å². The summed E-state index contributed by atoms with van der Waals surface area (Å²) in [7, 11) is 1.74. The maximum atomic E-state index is 5.32. The van der Waals surface area contributed by atoms with Gasteiger partial charge < -0.3 is 19.8 Å². The molecule has 1 saturated carbocycles. The Kier molecular flexibility index (Phi) is 9.22. The molecule has 1 aromatic rings. The average Bonchev–Trinajstić information content (AvgIpc) is 3.21. The molecule has 1 atom stereocenters. The second-order valence-corrected chi connectivity index (χ2v) is 5.27. The highest BCUT2D eigenvalue weighted by atomic mass is 127. The number of guanidine groups is 1. The Bertz CT molecular complexity index is 444. The number of methoxy groups -OCH3 is 1. The van der Waals surface area contributed by atoms with Gasteiger partial charge in [-0.15, -0.1) is 30.6 Å². The molecule has 6 heteroatoms. The van der Waals surface area contributed by atoms with Crippen molar-refractivity contribution < 1.29 is 9.15 Å². The van der Waals surface area contributed by atoms with E-state index >= 15 is 0 Å². The normalized spacial score (nSPS) is 15.8. The molecule has 1 heterocycles. The number of rotatable bonds is 9. The summed E-state index contributed by atoms with van der Waals surface area (Å²) in [5.41, 5.74) is 0. The Balaban J connectivity index is 0.00000242. The zero-order valence-corrected chi connectivity index (χ0v) is 15.4. The van der Waals surface area contributed by atoms with Gasteiger partial charge in [0.05, 0.1) is 18.9 Å². The zero-order chi connectivity index (χ0) is 14.9. The van der Waals surface area contributed by atoms with Crippen LogP contribution in [-0.2, 0) is 11.2 Å². The number of hydrogen-bond acceptors (Lipinski definition) is 3. The predicted octanol–water partition coefficient (Wildman–Crippen LogP) is 2.59. The van der Waals surface area contributed by atoms with Gasteiger partial charge in [0.15, 0.2) is 5.96 Å². The molecule has 5 nitrogen and oxygen atoms in total. The van der Waals surface area contributed by atoms with Crippen molar-refractivity contribution in [2.45, 2.75) is 25.3 Å². The lowest BCUT2D eigenvalue weighted by atomic mass is 10.2. The molecule has 1 fully saturated rings. The topological polar surface area (TPSA) is 58.8 Å². The fourth-order valence-corrected chi connectivity index (χ4v) is 2.20. The summed E-state index contributed by atoms with van der Waals surface area (Å²) in [6, 6.07) is 4.20. The van der Waals surface area contributed by atoms with E-state index in [1.165, 1.54) is 12.8 Å². The van der Waals surface area contributed by atoms with Crippen LogP contribution in [0.15, 0.2) is 40.5 Å². The molecule has 1 aromatic heterocycles. The first kappa shape index (κ1) is 19.0. The van der Waals surface area contributed by atoms with E-state index in [0.29, 0.717) is 31.7 Å². The predicted molar refractivity (Wildman–Crippen MR) is 99.9 cm³/mol. The van der Waals surface area contributed by atoms with Crippen LogP contribution in [-0.4, -0.2) is 38.8 Å². The van der Waals surface area contributed by atoms with Crippen molar-refractivity contribution in [1.29, 1.82) is 0 Å². The number of halogens is 1. The van der Waals surface area contributed by atoms with Gasteiger partial charge in [0, 0.05) is 26.6 Å². The maximum Gasteiger partial charge on any atom is 0.191 e. The first-order chi connectivity index (χ1) is 10.3. The van der Waals surface area contributed by atoms with Crippen LogP contribution in [0.1, 0.15) is 18.6 Å². The highest BCUT2D eigenvalue weighted by Crippen LogP contribution is 2.32. The summed E-state index contributed by atoms with van der Waals surface area (Å²) in [5, 5.41) is 6.72. The third-order valence-corrected chi connectivity index (χ3v) is 3.48. The summed E-state index contributed by atoms with van der Waals surface area (Å²) in [6.07, 6.45) is 6.85. The van der Waals surface area contributed by atoms with E-state index < -0.39 is 0 Å². The van der Waals surface area contributed by atoms with Gasteiger partial charge in [-0.3, -0.25) is 4.99 Å². The number of aliphatic imine (C=N–C) groups is 1. The SMILES string of the molecule is C=CCNC(=NCCc1ccco1)NC(COC)C1CC1.I. The lowest BCUT2D eigenvalue weighted by Gasteiger charge is -2.20. The van der Waals surface area contributed by atoms with Crippen molar-refractivity contribution in [1.82, 2.24) is 10.6 Å². The maximum absolute atomic E-state index is 5.32. The van der Waals surface area contributed by atoms with E-state index in [1.807, 2.05) is 18.2 Å². The van der Waals surface area contributed by atoms with E-state index in [9.17, 15) is 0 Å². The first-order valence-corrected chi connectivity index (χ1v) is 7.50. The highest BCUT2D eigenvalue weighted by molar-refractivity contribution is 14.0. The Labute approximate surface area is 149 Å². The van der Waals surface area contributed by atoms with Crippen molar-refractivity contribution in [3.8, 4) is 0 Å². The summed E-state index contributed by atoms with van der Waals surface area (Å²) < 4.78 is 10.6. The third-order valence-electron chi connectivity index (χ3n) is 3.48. The van der Waals surface area contributed by atoms with Crippen molar-refractivity contribution in [2.24, 2.45) is 10.9 Å². The molecule has 0 amide bonds. The van der Waals surface area contributed by atoms with E-state index in [4.69, 9.17) is 9.15 Å². The molecule has 1 aliphatic carbocycles. The lowest BCUT2D eigenvalue weighted by molar-refractivity contribution is 0.165. The van der Waals surface area contributed by atoms with Crippen LogP contribution in [0.3, 0.4) is 0 Å². The van der Waals surface area contributed by atoms with Gasteiger partial charge in [0.25, 0.3) is 0 Å². The van der Waals surface area contributed by atoms with Gasteiger partial charge in [-0.05, 0) is 30.9 Å². The molecule has 0 saturated heterocycles. The molecule has 124 valence electrons. The van der Waals surface area contributed by atoms with Crippen LogP contribution in [0.2, 0.25) is 0 Å². The number of hydrogen-bond donors (Lipinski definition) is 2. The minimum atomic E-state index is 0. The van der Waals surface area contributed by atoms with Crippen LogP contribution in [0.5, 0.6) is 0 Å². The zero-order valence-electron chi connectivity index (χ0n) is 13.1. The summed E-state index contributed by atoms with van der Waals surface area (Å²) in [6.45, 7) is 5.81. The fraction of sp³-hybridized carbons (Fsp3) is 0.562. The van der Waals surface area contributed by atoms with E-state index in [1.54, 1.807) is 13.4 Å². The average molecular weight is 419 g/mol. The summed E-state index contributed by atoms with van der Waals surface area (Å²) in [4.78, 5) is 4.60. The molecule has 2 rings (SSSR count). The monoisotopic (exact) mass is 419 g/mol. The molecule has 22 heavy (non-hydrogen) atoms. The number of furan rings is 1. The van der Waals surface area contributed by atoms with Crippen LogP contribution in [0.25, 0.3) is 0 Å². The highest BCUT2D eigenvalue weighted by Gasteiger charge is 2.31. The quantitative estimate of drug-likeness (QED) is 0.280. The standard InChI is InChI=1S/C16H25N3O2.HI/c1-3-9-17-16(18-10-8-14-5-4-11-21-14)19-15(12-20-2)13-6-7-13;/h3-5,11,13,15H,1,6-10,12H2,2H3,(H2,17,18,19);1H. The van der Waals surface area contributed by atoms with E-state index in [-0.39, 0.29) is 24.0 Å². The van der Waals surface area contributed by atoms with Crippen molar-refractivity contribution >= 4 is 29.9 Å². The number of ether oxygens (including phenoxy) is 1. The van der Waals surface area contributed by atoms with Gasteiger partial charge in [0.2, 0.25) is 0 Å². The first-order valence-electron chi connectivity index (χ1n) is 7.50.